The van der Waals surface area contributed by atoms with Crippen LogP contribution in [0.5, 0.6) is 0 Å². The first-order valence-electron chi connectivity index (χ1n) is 4.95. The molecule has 1 aliphatic rings. The van der Waals surface area contributed by atoms with Gasteiger partial charge in [-0.05, 0) is 19.8 Å². The predicted octanol–water partition coefficient (Wildman–Crippen LogP) is 0.240. The van der Waals surface area contributed by atoms with E-state index in [2.05, 4.69) is 5.32 Å². The number of ether oxygens (including phenoxy) is 2. The first kappa shape index (κ1) is 11.3. The average Bonchev–Trinajstić information content (AvgIpc) is 2.19. The summed E-state index contributed by atoms with van der Waals surface area (Å²) in [5, 5.41) is 2.82. The lowest BCUT2D eigenvalue weighted by molar-refractivity contribution is 0.0389. The molecule has 0 unspecified atom stereocenters. The normalized spacial score (nSPS) is 20.1. The fourth-order valence-electron chi connectivity index (χ4n) is 1.53. The van der Waals surface area contributed by atoms with E-state index in [1.807, 2.05) is 0 Å². The number of hydrogen-bond acceptors (Lipinski definition) is 4. The van der Waals surface area contributed by atoms with E-state index in [0.29, 0.717) is 26.4 Å². The first-order valence-corrected chi connectivity index (χ1v) is 4.95. The van der Waals surface area contributed by atoms with Crippen LogP contribution in [0.2, 0.25) is 0 Å². The van der Waals surface area contributed by atoms with Gasteiger partial charge in [-0.15, -0.1) is 0 Å². The Kier molecular flexibility index (Phi) is 4.16. The lowest BCUT2D eigenvalue weighted by Crippen LogP contribution is -2.56. The van der Waals surface area contributed by atoms with Crippen LogP contribution < -0.4 is 11.1 Å². The van der Waals surface area contributed by atoms with Crippen molar-refractivity contribution in [3.8, 4) is 0 Å². The maximum absolute atomic E-state index is 11.2. The standard InChI is InChI=1S/C9H18N2O3/c1-2-14-8(12)11-9(7-10)3-5-13-6-4-9/h2-7,10H2,1H3,(H,11,12). The number of nitrogens with two attached hydrogens (primary N) is 1. The Balaban J connectivity index is 2.47. The van der Waals surface area contributed by atoms with Crippen molar-refractivity contribution >= 4 is 6.09 Å². The van der Waals surface area contributed by atoms with Crippen LogP contribution in [-0.4, -0.2) is 38.0 Å². The van der Waals surface area contributed by atoms with Crippen LogP contribution in [0.15, 0.2) is 0 Å². The third-order valence-electron chi connectivity index (χ3n) is 2.48. The zero-order valence-corrected chi connectivity index (χ0v) is 8.54. The maximum atomic E-state index is 11.2. The number of carbonyl (C=O) groups excluding carboxylic acids is 1. The number of amides is 1. The molecule has 82 valence electrons. The molecule has 0 radical (unpaired) electrons. The van der Waals surface area contributed by atoms with Crippen molar-refractivity contribution in [3.63, 3.8) is 0 Å². The van der Waals surface area contributed by atoms with Crippen molar-refractivity contribution in [2.24, 2.45) is 5.73 Å². The van der Waals surface area contributed by atoms with Crippen molar-refractivity contribution in [1.29, 1.82) is 0 Å². The molecule has 0 aliphatic carbocycles. The molecule has 1 heterocycles. The van der Waals surface area contributed by atoms with Gasteiger partial charge in [-0.2, -0.15) is 0 Å². The number of rotatable bonds is 3. The van der Waals surface area contributed by atoms with Gasteiger partial charge in [-0.1, -0.05) is 0 Å². The highest BCUT2D eigenvalue weighted by molar-refractivity contribution is 5.68. The number of nitrogens with one attached hydrogen (secondary N) is 1. The van der Waals surface area contributed by atoms with Crippen LogP contribution >= 0.6 is 0 Å². The van der Waals surface area contributed by atoms with Crippen LogP contribution in [0.25, 0.3) is 0 Å². The van der Waals surface area contributed by atoms with Crippen molar-refractivity contribution in [3.05, 3.63) is 0 Å². The Morgan fingerprint density at radius 2 is 2.21 bits per heavy atom. The van der Waals surface area contributed by atoms with Gasteiger partial charge in [0.2, 0.25) is 0 Å². The third-order valence-corrected chi connectivity index (χ3v) is 2.48. The van der Waals surface area contributed by atoms with E-state index >= 15 is 0 Å². The largest absolute Gasteiger partial charge is 0.450 e. The molecule has 0 aromatic heterocycles. The van der Waals surface area contributed by atoms with Gasteiger partial charge in [-0.25, -0.2) is 4.79 Å². The summed E-state index contributed by atoms with van der Waals surface area (Å²) in [5.74, 6) is 0. The second kappa shape index (κ2) is 5.17. The molecule has 5 nitrogen and oxygen atoms in total. The van der Waals surface area contributed by atoms with E-state index in [0.717, 1.165) is 12.8 Å². The lowest BCUT2D eigenvalue weighted by atomic mass is 9.90. The van der Waals surface area contributed by atoms with Gasteiger partial charge < -0.3 is 20.5 Å². The van der Waals surface area contributed by atoms with Crippen LogP contribution in [0, 0.1) is 0 Å². The molecule has 0 atom stereocenters. The Labute approximate surface area is 83.9 Å². The molecule has 14 heavy (non-hydrogen) atoms. The van der Waals surface area contributed by atoms with Crippen LogP contribution in [0.3, 0.4) is 0 Å². The van der Waals surface area contributed by atoms with Crippen molar-refractivity contribution in [1.82, 2.24) is 5.32 Å². The van der Waals surface area contributed by atoms with E-state index in [1.165, 1.54) is 0 Å². The van der Waals surface area contributed by atoms with Crippen LogP contribution in [0.1, 0.15) is 19.8 Å². The lowest BCUT2D eigenvalue weighted by Gasteiger charge is -2.36. The summed E-state index contributed by atoms with van der Waals surface area (Å²) in [5.41, 5.74) is 5.33. The second-order valence-corrected chi connectivity index (χ2v) is 3.44. The van der Waals surface area contributed by atoms with Gasteiger partial charge in [-0.3, -0.25) is 0 Å². The minimum atomic E-state index is -0.389. The molecule has 1 aliphatic heterocycles. The molecular formula is C9H18N2O3. The summed E-state index contributed by atoms with van der Waals surface area (Å²) in [4.78, 5) is 11.2. The molecule has 1 fully saturated rings. The highest BCUT2D eigenvalue weighted by atomic mass is 16.5. The fourth-order valence-corrected chi connectivity index (χ4v) is 1.53. The Bertz CT molecular complexity index is 190. The molecule has 3 N–H and O–H groups in total. The smallest absolute Gasteiger partial charge is 0.407 e. The number of hydrogen-bond donors (Lipinski definition) is 2. The zero-order chi connectivity index (χ0) is 10.4. The first-order chi connectivity index (χ1) is 6.72. The molecule has 0 aromatic rings. The van der Waals surface area contributed by atoms with E-state index in [4.69, 9.17) is 15.2 Å². The van der Waals surface area contributed by atoms with Crippen molar-refractivity contribution in [2.75, 3.05) is 26.4 Å². The second-order valence-electron chi connectivity index (χ2n) is 3.44. The van der Waals surface area contributed by atoms with Crippen LogP contribution in [0.4, 0.5) is 4.79 Å². The van der Waals surface area contributed by atoms with Crippen molar-refractivity contribution < 1.29 is 14.3 Å². The molecule has 0 spiro atoms. The molecular weight excluding hydrogens is 184 g/mol. The van der Waals surface area contributed by atoms with Gasteiger partial charge >= 0.3 is 6.09 Å². The monoisotopic (exact) mass is 202 g/mol. The summed E-state index contributed by atoms with van der Waals surface area (Å²) in [7, 11) is 0. The molecule has 1 amide bonds. The van der Waals surface area contributed by atoms with Gasteiger partial charge in [0.05, 0.1) is 12.1 Å². The van der Waals surface area contributed by atoms with Crippen LogP contribution in [-0.2, 0) is 9.47 Å². The molecule has 0 bridgehead atoms. The summed E-state index contributed by atoms with van der Waals surface area (Å²) >= 11 is 0. The molecule has 1 saturated heterocycles. The minimum absolute atomic E-state index is 0.329. The minimum Gasteiger partial charge on any atom is -0.450 e. The van der Waals surface area contributed by atoms with E-state index in [9.17, 15) is 4.79 Å². The summed E-state index contributed by atoms with van der Waals surface area (Å²) in [6, 6.07) is 0. The molecule has 0 aromatic carbocycles. The topological polar surface area (TPSA) is 73.6 Å². The predicted molar refractivity (Wildman–Crippen MR) is 52.0 cm³/mol. The van der Waals surface area contributed by atoms with Gasteiger partial charge in [0.15, 0.2) is 0 Å². The Morgan fingerprint density at radius 3 is 2.71 bits per heavy atom. The van der Waals surface area contributed by atoms with E-state index in [1.54, 1.807) is 6.92 Å². The number of alkyl carbamates (subject to hydrolysis) is 1. The molecule has 0 saturated carbocycles. The Morgan fingerprint density at radius 1 is 1.57 bits per heavy atom. The quantitative estimate of drug-likeness (QED) is 0.687. The average molecular weight is 202 g/mol. The van der Waals surface area contributed by atoms with Gasteiger partial charge in [0.25, 0.3) is 0 Å². The zero-order valence-electron chi connectivity index (χ0n) is 8.54. The highest BCUT2D eigenvalue weighted by Gasteiger charge is 2.33. The van der Waals surface area contributed by atoms with E-state index < -0.39 is 0 Å². The molecule has 5 heteroatoms. The highest BCUT2D eigenvalue weighted by Crippen LogP contribution is 2.19. The van der Waals surface area contributed by atoms with E-state index in [-0.39, 0.29) is 11.6 Å². The summed E-state index contributed by atoms with van der Waals surface area (Å²) in [6.07, 6.45) is 1.12. The maximum Gasteiger partial charge on any atom is 0.407 e. The fraction of sp³-hybridized carbons (Fsp3) is 0.889. The third kappa shape index (κ3) is 2.85. The van der Waals surface area contributed by atoms with Crippen molar-refractivity contribution in [2.45, 2.75) is 25.3 Å². The summed E-state index contributed by atoms with van der Waals surface area (Å²) in [6.45, 7) is 3.87. The summed E-state index contributed by atoms with van der Waals surface area (Å²) < 4.78 is 10.0. The SMILES string of the molecule is CCOC(=O)NC1(CN)CCOCC1. The Hall–Kier alpha value is -0.810. The molecule has 1 rings (SSSR count). The van der Waals surface area contributed by atoms with Gasteiger partial charge in [0, 0.05) is 19.8 Å². The number of carbonyl (C=O) groups is 1. The van der Waals surface area contributed by atoms with Gasteiger partial charge in [0.1, 0.15) is 0 Å².